The summed E-state index contributed by atoms with van der Waals surface area (Å²) < 4.78 is 5.38. The quantitative estimate of drug-likeness (QED) is 0.571. The lowest BCUT2D eigenvalue weighted by molar-refractivity contribution is 0.128. The molecular weight excluding hydrogens is 150 g/mol. The van der Waals surface area contributed by atoms with Crippen LogP contribution in [0.2, 0.25) is 0 Å². The number of hydrogen-bond acceptors (Lipinski definition) is 2. The van der Waals surface area contributed by atoms with Crippen LogP contribution >= 0.6 is 0 Å². The molecule has 2 N–H and O–H groups in total. The van der Waals surface area contributed by atoms with Crippen LogP contribution in [0.4, 0.5) is 0 Å². The molecule has 12 heavy (non-hydrogen) atoms. The van der Waals surface area contributed by atoms with Crippen molar-refractivity contribution in [1.29, 1.82) is 0 Å². The fourth-order valence-electron chi connectivity index (χ4n) is 1.04. The number of unbranched alkanes of at least 4 members (excludes halogenated alkanes) is 1. The second kappa shape index (κ2) is 9.01. The molecule has 0 saturated heterocycles. The minimum Gasteiger partial charge on any atom is -0.381 e. The summed E-state index contributed by atoms with van der Waals surface area (Å²) in [5.41, 5.74) is 5.33. The Labute approximate surface area is 76.5 Å². The maximum atomic E-state index is 5.38. The lowest BCUT2D eigenvalue weighted by Crippen LogP contribution is -2.05. The zero-order chi connectivity index (χ0) is 9.23. The van der Waals surface area contributed by atoms with Crippen LogP contribution in [0.25, 0.3) is 0 Å². The molecule has 0 amide bonds. The van der Waals surface area contributed by atoms with Crippen molar-refractivity contribution >= 4 is 0 Å². The average molecular weight is 173 g/mol. The summed E-state index contributed by atoms with van der Waals surface area (Å²) in [7, 11) is 0. The Bertz CT molecular complexity index is 83.9. The summed E-state index contributed by atoms with van der Waals surface area (Å²) in [5, 5.41) is 0. The molecule has 0 radical (unpaired) electrons. The van der Waals surface area contributed by atoms with E-state index in [0.717, 1.165) is 32.1 Å². The van der Waals surface area contributed by atoms with Crippen molar-refractivity contribution in [3.05, 3.63) is 0 Å². The lowest BCUT2D eigenvalue weighted by atomic mass is 10.1. The molecule has 0 aromatic rings. The van der Waals surface area contributed by atoms with E-state index in [1.165, 1.54) is 19.3 Å². The van der Waals surface area contributed by atoms with E-state index in [1.807, 2.05) is 0 Å². The molecule has 2 nitrogen and oxygen atoms in total. The van der Waals surface area contributed by atoms with Crippen molar-refractivity contribution in [2.45, 2.75) is 39.5 Å². The van der Waals surface area contributed by atoms with E-state index in [1.54, 1.807) is 0 Å². The molecule has 0 aliphatic rings. The highest BCUT2D eigenvalue weighted by Gasteiger charge is 1.93. The maximum Gasteiger partial charge on any atom is 0.0478 e. The molecule has 0 saturated carbocycles. The molecule has 0 unspecified atom stereocenters. The van der Waals surface area contributed by atoms with Crippen LogP contribution in [0.15, 0.2) is 0 Å². The molecule has 0 heterocycles. The first-order valence-electron chi connectivity index (χ1n) is 5.05. The van der Waals surface area contributed by atoms with E-state index < -0.39 is 0 Å². The second-order valence-electron chi connectivity index (χ2n) is 3.64. The molecule has 0 atom stereocenters. The second-order valence-corrected chi connectivity index (χ2v) is 3.64. The van der Waals surface area contributed by atoms with Crippen LogP contribution in [0.3, 0.4) is 0 Å². The number of ether oxygens (including phenoxy) is 1. The summed E-state index contributed by atoms with van der Waals surface area (Å²) in [4.78, 5) is 0. The lowest BCUT2D eigenvalue weighted by Gasteiger charge is -2.04. The Morgan fingerprint density at radius 1 is 1.08 bits per heavy atom. The molecule has 0 aliphatic carbocycles. The van der Waals surface area contributed by atoms with Gasteiger partial charge in [-0.2, -0.15) is 0 Å². The predicted octanol–water partition coefficient (Wildman–Crippen LogP) is 2.18. The standard InChI is InChI=1S/C10H23NO/c1-10(2)6-3-4-8-12-9-5-7-11/h10H,3-9,11H2,1-2H3. The van der Waals surface area contributed by atoms with Gasteiger partial charge in [0.25, 0.3) is 0 Å². The number of nitrogens with two attached hydrogens (primary N) is 1. The van der Waals surface area contributed by atoms with Crippen LogP contribution < -0.4 is 5.73 Å². The third kappa shape index (κ3) is 9.92. The van der Waals surface area contributed by atoms with Gasteiger partial charge in [-0.05, 0) is 25.3 Å². The number of rotatable bonds is 8. The van der Waals surface area contributed by atoms with Gasteiger partial charge < -0.3 is 10.5 Å². The van der Waals surface area contributed by atoms with E-state index in [-0.39, 0.29) is 0 Å². The monoisotopic (exact) mass is 173 g/mol. The first-order chi connectivity index (χ1) is 5.77. The van der Waals surface area contributed by atoms with Crippen LogP contribution in [-0.4, -0.2) is 19.8 Å². The SMILES string of the molecule is CC(C)CCCCOCCCN. The highest BCUT2D eigenvalue weighted by atomic mass is 16.5. The van der Waals surface area contributed by atoms with Crippen LogP contribution in [0.5, 0.6) is 0 Å². The van der Waals surface area contributed by atoms with E-state index in [0.29, 0.717) is 0 Å². The molecule has 0 bridgehead atoms. The van der Waals surface area contributed by atoms with Crippen molar-refractivity contribution in [3.63, 3.8) is 0 Å². The minimum atomic E-state index is 0.742. The highest BCUT2D eigenvalue weighted by molar-refractivity contribution is 4.46. The Morgan fingerprint density at radius 3 is 2.33 bits per heavy atom. The molecule has 0 aromatic heterocycles. The molecule has 0 rings (SSSR count). The molecule has 2 heteroatoms. The van der Waals surface area contributed by atoms with Gasteiger partial charge in [0.1, 0.15) is 0 Å². The largest absolute Gasteiger partial charge is 0.381 e. The maximum absolute atomic E-state index is 5.38. The van der Waals surface area contributed by atoms with Gasteiger partial charge in [0.2, 0.25) is 0 Å². The Morgan fingerprint density at radius 2 is 1.75 bits per heavy atom. The molecule has 0 fully saturated rings. The van der Waals surface area contributed by atoms with E-state index >= 15 is 0 Å². The van der Waals surface area contributed by atoms with Gasteiger partial charge in [-0.25, -0.2) is 0 Å². The van der Waals surface area contributed by atoms with Crippen LogP contribution in [-0.2, 0) is 4.74 Å². The van der Waals surface area contributed by atoms with Crippen LogP contribution in [0.1, 0.15) is 39.5 Å². The van der Waals surface area contributed by atoms with Crippen molar-refractivity contribution in [1.82, 2.24) is 0 Å². The summed E-state index contributed by atoms with van der Waals surface area (Å²) >= 11 is 0. The summed E-state index contributed by atoms with van der Waals surface area (Å²) in [6.07, 6.45) is 4.80. The van der Waals surface area contributed by atoms with Crippen molar-refractivity contribution in [2.24, 2.45) is 11.7 Å². The van der Waals surface area contributed by atoms with E-state index in [2.05, 4.69) is 13.8 Å². The van der Waals surface area contributed by atoms with Gasteiger partial charge in [-0.15, -0.1) is 0 Å². The molecule has 74 valence electrons. The molecule has 0 spiro atoms. The highest BCUT2D eigenvalue weighted by Crippen LogP contribution is 2.05. The first kappa shape index (κ1) is 11.9. The Kier molecular flexibility index (Phi) is 8.95. The minimum absolute atomic E-state index is 0.742. The van der Waals surface area contributed by atoms with Gasteiger partial charge in [0, 0.05) is 13.2 Å². The Hall–Kier alpha value is -0.0800. The van der Waals surface area contributed by atoms with Crippen molar-refractivity contribution < 1.29 is 4.74 Å². The van der Waals surface area contributed by atoms with E-state index in [9.17, 15) is 0 Å². The normalized spacial score (nSPS) is 11.0. The smallest absolute Gasteiger partial charge is 0.0478 e. The fourth-order valence-corrected chi connectivity index (χ4v) is 1.04. The zero-order valence-electron chi connectivity index (χ0n) is 8.51. The van der Waals surface area contributed by atoms with Gasteiger partial charge >= 0.3 is 0 Å². The van der Waals surface area contributed by atoms with Gasteiger partial charge in [0.15, 0.2) is 0 Å². The van der Waals surface area contributed by atoms with Gasteiger partial charge in [-0.3, -0.25) is 0 Å². The van der Waals surface area contributed by atoms with Crippen molar-refractivity contribution in [3.8, 4) is 0 Å². The first-order valence-corrected chi connectivity index (χ1v) is 5.05. The van der Waals surface area contributed by atoms with Gasteiger partial charge in [0.05, 0.1) is 0 Å². The summed E-state index contributed by atoms with van der Waals surface area (Å²) in [5.74, 6) is 0.828. The third-order valence-corrected chi connectivity index (χ3v) is 1.81. The zero-order valence-corrected chi connectivity index (χ0v) is 8.51. The average Bonchev–Trinajstić information content (AvgIpc) is 2.02. The molecule has 0 aliphatic heterocycles. The number of hydrogen-bond donors (Lipinski definition) is 1. The topological polar surface area (TPSA) is 35.2 Å². The molecular formula is C10H23NO. The van der Waals surface area contributed by atoms with E-state index in [4.69, 9.17) is 10.5 Å². The summed E-state index contributed by atoms with van der Waals surface area (Å²) in [6, 6.07) is 0. The van der Waals surface area contributed by atoms with Gasteiger partial charge in [-0.1, -0.05) is 26.7 Å². The molecule has 0 aromatic carbocycles. The van der Waals surface area contributed by atoms with Crippen LogP contribution in [0, 0.1) is 5.92 Å². The predicted molar refractivity (Wildman–Crippen MR) is 53.2 cm³/mol. The summed E-state index contributed by atoms with van der Waals surface area (Å²) in [6.45, 7) is 7.00. The third-order valence-electron chi connectivity index (χ3n) is 1.81. The Balaban J connectivity index is 2.82. The fraction of sp³-hybridized carbons (Fsp3) is 1.00. The van der Waals surface area contributed by atoms with Crippen molar-refractivity contribution in [2.75, 3.05) is 19.8 Å².